The number of thioether (sulfide) groups is 1. The molecular formula is C36H33FN4O6S2. The van der Waals surface area contributed by atoms with Gasteiger partial charge in [-0.15, -0.1) is 23.1 Å². The van der Waals surface area contributed by atoms with Gasteiger partial charge in [0, 0.05) is 40.1 Å². The Morgan fingerprint density at radius 1 is 0.980 bits per heavy atom. The van der Waals surface area contributed by atoms with Crippen LogP contribution in [0, 0.1) is 5.82 Å². The van der Waals surface area contributed by atoms with Crippen LogP contribution in [0.4, 0.5) is 15.1 Å². The monoisotopic (exact) mass is 700 g/mol. The molecule has 3 N–H and O–H groups in total. The molecule has 0 saturated heterocycles. The third kappa shape index (κ3) is 9.00. The summed E-state index contributed by atoms with van der Waals surface area (Å²) in [5, 5.41) is 8.56. The van der Waals surface area contributed by atoms with Gasteiger partial charge < -0.3 is 25.6 Å². The Morgan fingerprint density at radius 3 is 2.47 bits per heavy atom. The highest BCUT2D eigenvalue weighted by molar-refractivity contribution is 8.00. The number of hydrogen-bond acceptors (Lipinski definition) is 8. The fourth-order valence-corrected chi connectivity index (χ4v) is 7.07. The van der Waals surface area contributed by atoms with E-state index in [2.05, 4.69) is 16.0 Å². The summed E-state index contributed by atoms with van der Waals surface area (Å²) in [7, 11) is 0. The second kappa shape index (κ2) is 16.2. The van der Waals surface area contributed by atoms with Crippen LogP contribution in [0.2, 0.25) is 0 Å². The van der Waals surface area contributed by atoms with E-state index in [1.54, 1.807) is 72.5 Å². The number of benzene rings is 3. The Labute approximate surface area is 290 Å². The van der Waals surface area contributed by atoms with Gasteiger partial charge in [-0.1, -0.05) is 42.5 Å². The molecule has 5 rings (SSSR count). The number of nitrogens with zero attached hydrogens (tertiary/aromatic N) is 1. The van der Waals surface area contributed by atoms with Gasteiger partial charge in [0.15, 0.2) is 0 Å². The van der Waals surface area contributed by atoms with Crippen molar-refractivity contribution in [2.75, 3.05) is 29.5 Å². The summed E-state index contributed by atoms with van der Waals surface area (Å²) in [6, 6.07) is 21.0. The Morgan fingerprint density at radius 2 is 1.73 bits per heavy atom. The van der Waals surface area contributed by atoms with Crippen LogP contribution < -0.4 is 16.0 Å². The van der Waals surface area contributed by atoms with E-state index in [1.807, 2.05) is 0 Å². The third-order valence-electron chi connectivity index (χ3n) is 7.43. The van der Waals surface area contributed by atoms with Gasteiger partial charge >= 0.3 is 5.97 Å². The fourth-order valence-electron chi connectivity index (χ4n) is 5.04. The van der Waals surface area contributed by atoms with Gasteiger partial charge in [-0.3, -0.25) is 19.2 Å². The molecule has 1 aliphatic rings. The zero-order chi connectivity index (χ0) is 34.9. The second-order valence-electron chi connectivity index (χ2n) is 10.8. The van der Waals surface area contributed by atoms with E-state index in [4.69, 9.17) is 4.74 Å². The molecule has 13 heteroatoms. The maximum atomic E-state index is 14.5. The van der Waals surface area contributed by atoms with Crippen molar-refractivity contribution in [3.8, 4) is 0 Å². The Kier molecular flexibility index (Phi) is 11.6. The highest BCUT2D eigenvalue weighted by atomic mass is 32.2. The van der Waals surface area contributed by atoms with Crippen molar-refractivity contribution in [3.05, 3.63) is 118 Å². The van der Waals surface area contributed by atoms with Gasteiger partial charge in [-0.05, 0) is 61.4 Å². The van der Waals surface area contributed by atoms with Crippen LogP contribution in [-0.2, 0) is 32.1 Å². The Hall–Kier alpha value is -5.27. The number of carbonyl (C=O) groups is 5. The molecule has 0 saturated carbocycles. The number of anilines is 2. The lowest BCUT2D eigenvalue weighted by molar-refractivity contribution is -0.129. The van der Waals surface area contributed by atoms with Gasteiger partial charge in [0.1, 0.15) is 16.5 Å². The summed E-state index contributed by atoms with van der Waals surface area (Å²) in [6.07, 6.45) is 1.74. The molecule has 4 amide bonds. The topological polar surface area (TPSA) is 134 Å². The number of ether oxygens (including phenoxy) is 1. The predicted octanol–water partition coefficient (Wildman–Crippen LogP) is 6.11. The maximum absolute atomic E-state index is 14.5. The standard InChI is InChI=1S/C36H33FN4O6S2/c1-3-47-36(46)32-27-16-17-41(22(2)42)20-30(27)49-35(32)40-31(43)21-48-26-14-9-13-25(19-26)38-34(45)29(18-24-12-7-8-15-28(24)37)39-33(44)23-10-5-4-6-11-23/h4-15,18-19H,3,16-17,20-21H2,1-2H3,(H,38,45)(H,39,44)(H,40,43)/b29-18-. The first-order valence-corrected chi connectivity index (χ1v) is 17.2. The molecule has 0 unspecified atom stereocenters. The normalized spacial score (nSPS) is 12.5. The van der Waals surface area contributed by atoms with E-state index in [-0.39, 0.29) is 35.4 Å². The van der Waals surface area contributed by atoms with Crippen molar-refractivity contribution in [3.63, 3.8) is 0 Å². The highest BCUT2D eigenvalue weighted by Gasteiger charge is 2.30. The predicted molar refractivity (Wildman–Crippen MR) is 188 cm³/mol. The van der Waals surface area contributed by atoms with E-state index in [1.165, 1.54) is 54.3 Å². The van der Waals surface area contributed by atoms with Crippen LogP contribution in [0.5, 0.6) is 0 Å². The molecule has 0 radical (unpaired) electrons. The number of rotatable bonds is 11. The summed E-state index contributed by atoms with van der Waals surface area (Å²) in [6.45, 7) is 4.22. The molecule has 0 aliphatic carbocycles. The van der Waals surface area contributed by atoms with Crippen molar-refractivity contribution < 1.29 is 33.1 Å². The third-order valence-corrected chi connectivity index (χ3v) is 9.56. The van der Waals surface area contributed by atoms with Crippen LogP contribution in [0.15, 0.2) is 89.5 Å². The molecular weight excluding hydrogens is 668 g/mol. The quantitative estimate of drug-likeness (QED) is 0.0977. The molecule has 0 fully saturated rings. The minimum absolute atomic E-state index is 0.00657. The Bertz CT molecular complexity index is 1930. The fraction of sp³-hybridized carbons (Fsp3) is 0.194. The van der Waals surface area contributed by atoms with Gasteiger partial charge in [0.2, 0.25) is 11.8 Å². The number of amides is 4. The number of halogens is 1. The van der Waals surface area contributed by atoms with Crippen molar-refractivity contribution in [2.45, 2.75) is 31.7 Å². The number of fused-ring (bicyclic) bond motifs is 1. The molecule has 10 nitrogen and oxygen atoms in total. The average Bonchev–Trinajstić information content (AvgIpc) is 3.45. The lowest BCUT2D eigenvalue weighted by atomic mass is 10.0. The average molecular weight is 701 g/mol. The van der Waals surface area contributed by atoms with E-state index < -0.39 is 23.6 Å². The lowest BCUT2D eigenvalue weighted by Gasteiger charge is -2.25. The summed E-state index contributed by atoms with van der Waals surface area (Å²) in [5.74, 6) is -2.73. The number of esters is 1. The van der Waals surface area contributed by atoms with Crippen molar-refractivity contribution in [2.24, 2.45) is 0 Å². The van der Waals surface area contributed by atoms with Crippen molar-refractivity contribution in [1.29, 1.82) is 0 Å². The SMILES string of the molecule is CCOC(=O)c1c(NC(=O)CSc2cccc(NC(=O)/C(=C/c3ccccc3F)NC(=O)c3ccccc3)c2)sc2c1CCN(C(C)=O)C2. The number of nitrogens with one attached hydrogen (secondary N) is 3. The molecule has 4 aromatic rings. The van der Waals surface area contributed by atoms with Crippen LogP contribution in [0.1, 0.15) is 50.6 Å². The van der Waals surface area contributed by atoms with E-state index in [0.717, 1.165) is 10.4 Å². The summed E-state index contributed by atoms with van der Waals surface area (Å²) in [5.41, 5.74) is 1.77. The van der Waals surface area contributed by atoms with Crippen molar-refractivity contribution in [1.82, 2.24) is 10.2 Å². The molecule has 0 bridgehead atoms. The lowest BCUT2D eigenvalue weighted by Crippen LogP contribution is -2.34. The molecule has 0 atom stereocenters. The molecule has 1 aliphatic heterocycles. The van der Waals surface area contributed by atoms with E-state index >= 15 is 0 Å². The van der Waals surface area contributed by atoms with E-state index in [0.29, 0.717) is 46.2 Å². The molecule has 49 heavy (non-hydrogen) atoms. The smallest absolute Gasteiger partial charge is 0.341 e. The first-order chi connectivity index (χ1) is 23.6. The number of thiophene rings is 1. The molecule has 1 aromatic heterocycles. The minimum Gasteiger partial charge on any atom is -0.462 e. The highest BCUT2D eigenvalue weighted by Crippen LogP contribution is 2.38. The van der Waals surface area contributed by atoms with Crippen LogP contribution in [-0.4, -0.2) is 53.4 Å². The summed E-state index contributed by atoms with van der Waals surface area (Å²) >= 11 is 2.47. The van der Waals surface area contributed by atoms with Gasteiger partial charge in [-0.25, -0.2) is 9.18 Å². The number of carbonyl (C=O) groups excluding carboxylic acids is 5. The summed E-state index contributed by atoms with van der Waals surface area (Å²) < 4.78 is 19.8. The zero-order valence-corrected chi connectivity index (χ0v) is 28.3. The first kappa shape index (κ1) is 35.0. The largest absolute Gasteiger partial charge is 0.462 e. The van der Waals surface area contributed by atoms with Crippen LogP contribution in [0.25, 0.3) is 6.08 Å². The minimum atomic E-state index is -0.677. The Balaban J connectivity index is 1.27. The number of hydrogen-bond donors (Lipinski definition) is 3. The van der Waals surface area contributed by atoms with E-state index in [9.17, 15) is 28.4 Å². The van der Waals surface area contributed by atoms with Gasteiger partial charge in [-0.2, -0.15) is 0 Å². The molecule has 0 spiro atoms. The molecule has 3 aromatic carbocycles. The van der Waals surface area contributed by atoms with Gasteiger partial charge in [0.05, 0.1) is 24.5 Å². The first-order valence-electron chi connectivity index (χ1n) is 15.4. The van der Waals surface area contributed by atoms with Crippen LogP contribution in [0.3, 0.4) is 0 Å². The van der Waals surface area contributed by atoms with Crippen molar-refractivity contribution >= 4 is 69.5 Å². The summed E-state index contributed by atoms with van der Waals surface area (Å²) in [4.78, 5) is 67.4. The molecule has 2 heterocycles. The second-order valence-corrected chi connectivity index (χ2v) is 13.0. The zero-order valence-electron chi connectivity index (χ0n) is 26.7. The van der Waals surface area contributed by atoms with Gasteiger partial charge in [0.25, 0.3) is 11.8 Å². The van der Waals surface area contributed by atoms with Crippen LogP contribution >= 0.6 is 23.1 Å². The maximum Gasteiger partial charge on any atom is 0.341 e. The molecule has 252 valence electrons.